The molecule has 0 radical (unpaired) electrons. The minimum absolute atomic E-state index is 0.0258. The van der Waals surface area contributed by atoms with E-state index >= 15 is 0 Å². The van der Waals surface area contributed by atoms with Gasteiger partial charge in [0.15, 0.2) is 0 Å². The molecular formula is C20H23ClN2O3S. The number of aryl methyl sites for hydroxylation is 2. The van der Waals surface area contributed by atoms with Gasteiger partial charge in [-0.15, -0.1) is 0 Å². The van der Waals surface area contributed by atoms with E-state index in [2.05, 4.69) is 10.0 Å². The Morgan fingerprint density at radius 3 is 2.48 bits per heavy atom. The van der Waals surface area contributed by atoms with Crippen molar-refractivity contribution in [2.24, 2.45) is 0 Å². The maximum absolute atomic E-state index is 13.0. The normalized spacial score (nSPS) is 14.6. The Labute approximate surface area is 165 Å². The number of hydrogen-bond acceptors (Lipinski definition) is 3. The average Bonchev–Trinajstić information content (AvgIpc) is 2.55. The first-order chi connectivity index (χ1) is 12.6. The second kappa shape index (κ2) is 7.26. The third-order valence-corrected chi connectivity index (χ3v) is 6.68. The van der Waals surface area contributed by atoms with Gasteiger partial charge in [-0.25, -0.2) is 13.1 Å². The third kappa shape index (κ3) is 4.69. The number of benzene rings is 2. The van der Waals surface area contributed by atoms with Crippen molar-refractivity contribution >= 4 is 33.2 Å². The SMILES string of the molecule is Cc1ccc(CC(C)(C)NS(=O)(=O)c2cc3c(cc2Cl)CCC(=O)N3)cc1. The van der Waals surface area contributed by atoms with Crippen molar-refractivity contribution in [2.75, 3.05) is 5.32 Å². The Hall–Kier alpha value is -1.89. The first kappa shape index (κ1) is 19.9. The first-order valence-electron chi connectivity index (χ1n) is 8.77. The molecule has 0 unspecified atom stereocenters. The second-order valence-corrected chi connectivity index (χ2v) is 9.70. The quantitative estimate of drug-likeness (QED) is 0.792. The van der Waals surface area contributed by atoms with Crippen LogP contribution in [0, 0.1) is 6.92 Å². The highest BCUT2D eigenvalue weighted by molar-refractivity contribution is 7.89. The highest BCUT2D eigenvalue weighted by atomic mass is 35.5. The largest absolute Gasteiger partial charge is 0.326 e. The Kier molecular flexibility index (Phi) is 5.34. The molecule has 0 atom stereocenters. The highest BCUT2D eigenvalue weighted by Gasteiger charge is 2.29. The first-order valence-corrected chi connectivity index (χ1v) is 10.6. The zero-order valence-corrected chi connectivity index (χ0v) is 17.2. The van der Waals surface area contributed by atoms with Crippen LogP contribution >= 0.6 is 11.6 Å². The standard InChI is InChI=1S/C20H23ClN2O3S/c1-13-4-6-14(7-5-13)12-20(2,3)23-27(25,26)18-11-17-15(10-16(18)21)8-9-19(24)22-17/h4-7,10-11,23H,8-9,12H2,1-3H3,(H,22,24). The van der Waals surface area contributed by atoms with Crippen LogP contribution < -0.4 is 10.0 Å². The lowest BCUT2D eigenvalue weighted by atomic mass is 9.96. The summed E-state index contributed by atoms with van der Waals surface area (Å²) in [4.78, 5) is 11.6. The molecular weight excluding hydrogens is 384 g/mol. The molecule has 27 heavy (non-hydrogen) atoms. The predicted octanol–water partition coefficient (Wildman–Crippen LogP) is 3.83. The fourth-order valence-corrected chi connectivity index (χ4v) is 5.24. The molecule has 0 spiro atoms. The summed E-state index contributed by atoms with van der Waals surface area (Å²) in [6.07, 6.45) is 1.45. The lowest BCUT2D eigenvalue weighted by Gasteiger charge is -2.27. The van der Waals surface area contributed by atoms with Gasteiger partial charge >= 0.3 is 0 Å². The van der Waals surface area contributed by atoms with Gasteiger partial charge in [0.05, 0.1) is 5.02 Å². The van der Waals surface area contributed by atoms with Crippen LogP contribution in [-0.4, -0.2) is 19.9 Å². The topological polar surface area (TPSA) is 75.3 Å². The number of sulfonamides is 1. The molecule has 144 valence electrons. The number of carbonyl (C=O) groups is 1. The van der Waals surface area contributed by atoms with Gasteiger partial charge in [-0.3, -0.25) is 4.79 Å². The van der Waals surface area contributed by atoms with Gasteiger partial charge in [0, 0.05) is 17.6 Å². The van der Waals surface area contributed by atoms with E-state index in [-0.39, 0.29) is 15.8 Å². The molecule has 0 saturated heterocycles. The van der Waals surface area contributed by atoms with Crippen LogP contribution in [0.1, 0.15) is 37.0 Å². The summed E-state index contributed by atoms with van der Waals surface area (Å²) in [6.45, 7) is 5.67. The molecule has 1 aliphatic rings. The van der Waals surface area contributed by atoms with E-state index in [4.69, 9.17) is 11.6 Å². The fourth-order valence-electron chi connectivity index (χ4n) is 3.26. The average molecular weight is 407 g/mol. The number of hydrogen-bond donors (Lipinski definition) is 2. The molecule has 0 saturated carbocycles. The molecule has 7 heteroatoms. The molecule has 1 amide bonds. The van der Waals surface area contributed by atoms with Crippen LogP contribution in [0.25, 0.3) is 0 Å². The molecule has 2 N–H and O–H groups in total. The lowest BCUT2D eigenvalue weighted by molar-refractivity contribution is -0.116. The molecule has 5 nitrogen and oxygen atoms in total. The van der Waals surface area contributed by atoms with Crippen molar-refractivity contribution in [1.82, 2.24) is 4.72 Å². The predicted molar refractivity (Wildman–Crippen MR) is 108 cm³/mol. The Morgan fingerprint density at radius 1 is 1.15 bits per heavy atom. The Morgan fingerprint density at radius 2 is 1.81 bits per heavy atom. The fraction of sp³-hybridized carbons (Fsp3) is 0.350. The van der Waals surface area contributed by atoms with E-state index in [1.165, 1.54) is 6.07 Å². The second-order valence-electron chi connectivity index (χ2n) is 7.64. The van der Waals surface area contributed by atoms with Crippen LogP contribution in [0.2, 0.25) is 5.02 Å². The molecule has 1 heterocycles. The van der Waals surface area contributed by atoms with E-state index in [1.807, 2.05) is 45.0 Å². The molecule has 0 aliphatic carbocycles. The van der Waals surface area contributed by atoms with Crippen LogP contribution in [0.3, 0.4) is 0 Å². The molecule has 1 aliphatic heterocycles. The van der Waals surface area contributed by atoms with E-state index in [0.29, 0.717) is 24.9 Å². The van der Waals surface area contributed by atoms with Gasteiger partial charge in [0.1, 0.15) is 4.90 Å². The van der Waals surface area contributed by atoms with Crippen molar-refractivity contribution in [2.45, 2.75) is 50.5 Å². The van der Waals surface area contributed by atoms with Crippen molar-refractivity contribution in [3.63, 3.8) is 0 Å². The van der Waals surface area contributed by atoms with Gasteiger partial charge in [-0.1, -0.05) is 41.4 Å². The zero-order valence-electron chi connectivity index (χ0n) is 15.6. The van der Waals surface area contributed by atoms with Crippen LogP contribution in [0.4, 0.5) is 5.69 Å². The van der Waals surface area contributed by atoms with Gasteiger partial charge < -0.3 is 5.32 Å². The van der Waals surface area contributed by atoms with Crippen molar-refractivity contribution < 1.29 is 13.2 Å². The van der Waals surface area contributed by atoms with Crippen LogP contribution in [-0.2, 0) is 27.7 Å². The van der Waals surface area contributed by atoms with E-state index in [1.54, 1.807) is 6.07 Å². The summed E-state index contributed by atoms with van der Waals surface area (Å²) in [5.74, 6) is -0.124. The zero-order chi connectivity index (χ0) is 19.8. The third-order valence-electron chi connectivity index (χ3n) is 4.52. The van der Waals surface area contributed by atoms with E-state index in [9.17, 15) is 13.2 Å². The summed E-state index contributed by atoms with van der Waals surface area (Å²) in [6, 6.07) is 11.1. The van der Waals surface area contributed by atoms with Gasteiger partial charge in [0.2, 0.25) is 15.9 Å². The van der Waals surface area contributed by atoms with Crippen LogP contribution in [0.5, 0.6) is 0 Å². The summed E-state index contributed by atoms with van der Waals surface area (Å²) in [7, 11) is -3.86. The minimum atomic E-state index is -3.86. The smallest absolute Gasteiger partial charge is 0.242 e. The van der Waals surface area contributed by atoms with E-state index in [0.717, 1.165) is 16.7 Å². The maximum atomic E-state index is 13.0. The van der Waals surface area contributed by atoms with Gasteiger partial charge in [-0.05, 0) is 56.9 Å². The summed E-state index contributed by atoms with van der Waals surface area (Å²) in [5.41, 5.74) is 2.83. The molecule has 2 aromatic rings. The van der Waals surface area contributed by atoms with Crippen molar-refractivity contribution in [3.05, 3.63) is 58.1 Å². The molecule has 3 rings (SSSR count). The summed E-state index contributed by atoms with van der Waals surface area (Å²) in [5, 5.41) is 2.87. The number of carbonyl (C=O) groups excluding carboxylic acids is 1. The van der Waals surface area contributed by atoms with Crippen molar-refractivity contribution in [3.8, 4) is 0 Å². The monoisotopic (exact) mass is 406 g/mol. The Bertz CT molecular complexity index is 983. The molecule has 2 aromatic carbocycles. The highest BCUT2D eigenvalue weighted by Crippen LogP contribution is 2.32. The summed E-state index contributed by atoms with van der Waals surface area (Å²) < 4.78 is 28.7. The Balaban J connectivity index is 1.86. The maximum Gasteiger partial charge on any atom is 0.242 e. The lowest BCUT2D eigenvalue weighted by Crippen LogP contribution is -2.45. The van der Waals surface area contributed by atoms with E-state index < -0.39 is 15.6 Å². The summed E-state index contributed by atoms with van der Waals surface area (Å²) >= 11 is 6.26. The van der Waals surface area contributed by atoms with Gasteiger partial charge in [-0.2, -0.15) is 0 Å². The number of amides is 1. The molecule has 0 fully saturated rings. The minimum Gasteiger partial charge on any atom is -0.326 e. The number of anilines is 1. The van der Waals surface area contributed by atoms with Crippen LogP contribution in [0.15, 0.2) is 41.3 Å². The molecule has 0 bridgehead atoms. The number of halogens is 1. The van der Waals surface area contributed by atoms with Crippen molar-refractivity contribution in [1.29, 1.82) is 0 Å². The molecule has 0 aromatic heterocycles. The van der Waals surface area contributed by atoms with Gasteiger partial charge in [0.25, 0.3) is 0 Å². The number of fused-ring (bicyclic) bond motifs is 1. The number of rotatable bonds is 5. The number of nitrogens with one attached hydrogen (secondary N) is 2.